The van der Waals surface area contributed by atoms with Gasteiger partial charge in [0.1, 0.15) is 36.8 Å². The van der Waals surface area contributed by atoms with Gasteiger partial charge in [-0.05, 0) is 70.6 Å². The first-order valence-corrected chi connectivity index (χ1v) is 20.7. The Labute approximate surface area is 322 Å². The summed E-state index contributed by atoms with van der Waals surface area (Å²) in [7, 11) is -4.61. The van der Waals surface area contributed by atoms with Crippen molar-refractivity contribution in [1.82, 2.24) is 0 Å². The lowest BCUT2D eigenvalue weighted by molar-refractivity contribution is -0.297. The average molecular weight is 781 g/mol. The zero-order valence-corrected chi connectivity index (χ0v) is 32.5. The van der Waals surface area contributed by atoms with Crippen LogP contribution in [0.3, 0.4) is 0 Å². The fourth-order valence-corrected chi connectivity index (χ4v) is 5.95. The number of hydrogen-bond donors (Lipinski definition) is 4. The summed E-state index contributed by atoms with van der Waals surface area (Å²) in [5.41, 5.74) is 0. The molecule has 0 aromatic heterocycles. The van der Waals surface area contributed by atoms with Gasteiger partial charge >= 0.3 is 11.9 Å². The van der Waals surface area contributed by atoms with Crippen LogP contribution >= 0.6 is 0 Å². The van der Waals surface area contributed by atoms with E-state index in [0.29, 0.717) is 12.8 Å². The molecule has 4 N–H and O–H groups in total. The lowest BCUT2D eigenvalue weighted by Crippen LogP contribution is -2.60. The Balaban J connectivity index is 2.58. The maximum atomic E-state index is 12.7. The summed E-state index contributed by atoms with van der Waals surface area (Å²) in [6, 6.07) is 0. The van der Waals surface area contributed by atoms with Crippen LogP contribution in [0.15, 0.2) is 86.1 Å². The summed E-state index contributed by atoms with van der Waals surface area (Å²) in [5, 5.41) is 30.7. The van der Waals surface area contributed by atoms with Gasteiger partial charge in [0, 0.05) is 12.8 Å². The van der Waals surface area contributed by atoms with Gasteiger partial charge in [0.05, 0.1) is 6.61 Å². The van der Waals surface area contributed by atoms with Crippen LogP contribution in [0.2, 0.25) is 0 Å². The zero-order chi connectivity index (χ0) is 39.9. The van der Waals surface area contributed by atoms with Gasteiger partial charge in [-0.25, -0.2) is 0 Å². The second kappa shape index (κ2) is 31.1. The Bertz CT molecular complexity index is 1300. The molecule has 306 valence electrons. The molecule has 0 spiro atoms. The molecular weight excluding hydrogens is 717 g/mol. The normalized spacial score (nSPS) is 21.4. The summed E-state index contributed by atoms with van der Waals surface area (Å²) in [5.74, 6) is -2.13. The first kappa shape index (κ1) is 48.8. The number of carbonyl (C=O) groups excluding carboxylic acids is 2. The fourth-order valence-electron chi connectivity index (χ4n) is 5.25. The van der Waals surface area contributed by atoms with Crippen LogP contribution in [0.4, 0.5) is 0 Å². The molecule has 0 aliphatic carbocycles. The van der Waals surface area contributed by atoms with E-state index in [9.17, 15) is 37.9 Å². The number of aliphatic hydroxyl groups is 3. The van der Waals surface area contributed by atoms with Gasteiger partial charge in [0.15, 0.2) is 12.4 Å². The summed E-state index contributed by atoms with van der Waals surface area (Å²) in [6.45, 7) is 6.59. The molecule has 6 atom stereocenters. The van der Waals surface area contributed by atoms with Crippen molar-refractivity contribution in [2.75, 3.05) is 19.0 Å². The molecule has 0 aromatic carbocycles. The third-order valence-corrected chi connectivity index (χ3v) is 9.01. The van der Waals surface area contributed by atoms with Crippen molar-refractivity contribution in [3.63, 3.8) is 0 Å². The quantitative estimate of drug-likeness (QED) is 0.0196. The van der Waals surface area contributed by atoms with Gasteiger partial charge in [-0.1, -0.05) is 92.2 Å². The zero-order valence-electron chi connectivity index (χ0n) is 31.7. The molecule has 1 unspecified atom stereocenters. The topological polar surface area (TPSA) is 186 Å². The smallest absolute Gasteiger partial charge is 0.306 e. The maximum absolute atomic E-state index is 12.7. The molecule has 1 aliphatic rings. The van der Waals surface area contributed by atoms with Crippen molar-refractivity contribution in [3.05, 3.63) is 86.1 Å². The van der Waals surface area contributed by atoms with Crippen molar-refractivity contribution >= 4 is 22.1 Å². The molecule has 12 nitrogen and oxygen atoms in total. The molecule has 0 bridgehead atoms. The molecule has 1 saturated heterocycles. The van der Waals surface area contributed by atoms with Crippen molar-refractivity contribution < 1.29 is 56.8 Å². The maximum Gasteiger partial charge on any atom is 0.306 e. The molecule has 0 aromatic rings. The van der Waals surface area contributed by atoms with Gasteiger partial charge < -0.3 is 34.3 Å². The van der Waals surface area contributed by atoms with Gasteiger partial charge in [-0.2, -0.15) is 8.42 Å². The lowest BCUT2D eigenvalue weighted by Gasteiger charge is -2.40. The van der Waals surface area contributed by atoms with Crippen LogP contribution in [0.5, 0.6) is 0 Å². The standard InChI is InChI=1S/C41H64O12S/c1-3-5-7-9-11-13-15-17-19-21-23-25-27-29-36(42)50-31-34(32-51-41-40(46)39(45)38(44)35(53-41)33-54(47,48)49)52-37(43)30-28-26-24-22-20-18-16-14-12-10-8-6-4-2/h3-4,8,10,12-16,18,24,26,34-35,38-41,44-46H,1-2,5-7,9,11,17,19-23,25,27-33H2,(H,47,48,49)/b10-8+,14-12+,15-13+,18-16-,26-24+/t34-,35-,38-,39+,40-,41?/m1/s1. The predicted octanol–water partition coefficient (Wildman–Crippen LogP) is 6.55. The van der Waals surface area contributed by atoms with Crippen LogP contribution in [0, 0.1) is 0 Å². The van der Waals surface area contributed by atoms with Crippen molar-refractivity contribution in [3.8, 4) is 0 Å². The predicted molar refractivity (Wildman–Crippen MR) is 210 cm³/mol. The number of hydrogen-bond acceptors (Lipinski definition) is 11. The minimum atomic E-state index is -4.61. The highest BCUT2D eigenvalue weighted by atomic mass is 32.2. The SMILES string of the molecule is C=CC/C=C/C=C/C=C\CC/C=C/CCC(=O)O[C@H](COC(=O)CCCCCCC/C=C/CCCCC=C)COC1O[C@H](CS(=O)(=O)O)[C@@H](O)[C@H](O)[C@H]1O. The van der Waals surface area contributed by atoms with Crippen molar-refractivity contribution in [1.29, 1.82) is 0 Å². The summed E-state index contributed by atoms with van der Waals surface area (Å²) >= 11 is 0. The molecular formula is C41H64O12S. The summed E-state index contributed by atoms with van der Waals surface area (Å²) in [6.07, 6.45) is 27.3. The molecule has 0 radical (unpaired) electrons. The van der Waals surface area contributed by atoms with E-state index in [1.54, 1.807) is 0 Å². The second-order valence-corrected chi connectivity index (χ2v) is 14.6. The molecule has 0 saturated carbocycles. The second-order valence-electron chi connectivity index (χ2n) is 13.1. The first-order chi connectivity index (χ1) is 26.0. The van der Waals surface area contributed by atoms with E-state index in [0.717, 1.165) is 64.2 Å². The molecule has 54 heavy (non-hydrogen) atoms. The highest BCUT2D eigenvalue weighted by Gasteiger charge is 2.46. The molecule has 1 aliphatic heterocycles. The Morgan fingerprint density at radius 2 is 1.26 bits per heavy atom. The van der Waals surface area contributed by atoms with Crippen molar-refractivity contribution in [2.24, 2.45) is 0 Å². The van der Waals surface area contributed by atoms with E-state index in [1.807, 2.05) is 60.8 Å². The van der Waals surface area contributed by atoms with Gasteiger partial charge in [0.2, 0.25) is 0 Å². The summed E-state index contributed by atoms with van der Waals surface area (Å²) in [4.78, 5) is 25.2. The fraction of sp³-hybridized carbons (Fsp3) is 0.610. The van der Waals surface area contributed by atoms with Crippen molar-refractivity contribution in [2.45, 2.75) is 140 Å². The number of esters is 2. The third kappa shape index (κ3) is 25.8. The number of rotatable bonds is 31. The third-order valence-electron chi connectivity index (χ3n) is 8.26. The van der Waals surface area contributed by atoms with Gasteiger partial charge in [0.25, 0.3) is 10.1 Å². The number of unbranched alkanes of at least 4 members (excludes halogenated alkanes) is 9. The lowest BCUT2D eigenvalue weighted by atomic mass is 10.00. The van der Waals surface area contributed by atoms with E-state index in [2.05, 4.69) is 25.3 Å². The largest absolute Gasteiger partial charge is 0.462 e. The summed E-state index contributed by atoms with van der Waals surface area (Å²) < 4.78 is 53.7. The van der Waals surface area contributed by atoms with E-state index in [4.69, 9.17) is 18.9 Å². The van der Waals surface area contributed by atoms with E-state index < -0.39 is 71.2 Å². The Hall–Kier alpha value is -3.17. The minimum absolute atomic E-state index is 0.0337. The number of aliphatic hydroxyl groups excluding tert-OH is 3. The van der Waals surface area contributed by atoms with E-state index >= 15 is 0 Å². The van der Waals surface area contributed by atoms with Crippen LogP contribution in [0.25, 0.3) is 0 Å². The van der Waals surface area contributed by atoms with Crippen LogP contribution in [-0.2, 0) is 38.7 Å². The van der Waals surface area contributed by atoms with Crippen LogP contribution in [-0.4, -0.2) is 96.0 Å². The number of ether oxygens (including phenoxy) is 4. The van der Waals surface area contributed by atoms with E-state index in [-0.39, 0.29) is 19.4 Å². The monoisotopic (exact) mass is 780 g/mol. The molecule has 13 heteroatoms. The molecule has 1 heterocycles. The highest BCUT2D eigenvalue weighted by molar-refractivity contribution is 7.85. The highest BCUT2D eigenvalue weighted by Crippen LogP contribution is 2.23. The van der Waals surface area contributed by atoms with Gasteiger partial charge in [-0.15, -0.1) is 13.2 Å². The molecule has 0 amide bonds. The average Bonchev–Trinajstić information content (AvgIpc) is 3.13. The van der Waals surface area contributed by atoms with E-state index in [1.165, 1.54) is 12.8 Å². The van der Waals surface area contributed by atoms with Crippen LogP contribution < -0.4 is 0 Å². The number of carbonyl (C=O) groups is 2. The number of allylic oxidation sites excluding steroid dienone is 12. The molecule has 1 rings (SSSR count). The minimum Gasteiger partial charge on any atom is -0.462 e. The Morgan fingerprint density at radius 3 is 1.96 bits per heavy atom. The van der Waals surface area contributed by atoms with Gasteiger partial charge in [-0.3, -0.25) is 14.1 Å². The van der Waals surface area contributed by atoms with Crippen LogP contribution in [0.1, 0.15) is 103 Å². The Morgan fingerprint density at radius 1 is 0.648 bits per heavy atom. The molecule has 1 fully saturated rings. The first-order valence-electron chi connectivity index (χ1n) is 19.1. The Kier molecular flexibility index (Phi) is 28.1.